The molecule has 4 nitrogen and oxygen atoms in total. The summed E-state index contributed by atoms with van der Waals surface area (Å²) in [4.78, 5) is 4.12. The molecule has 0 spiro atoms. The first kappa shape index (κ1) is 11.5. The molecule has 1 aromatic heterocycles. The van der Waals surface area contributed by atoms with Crippen LogP contribution in [-0.4, -0.2) is 22.6 Å². The number of hydrogen-bond acceptors (Lipinski definition) is 4. The van der Waals surface area contributed by atoms with E-state index >= 15 is 0 Å². The minimum absolute atomic E-state index is 0.754. The first-order valence-corrected chi connectivity index (χ1v) is 6.89. The lowest BCUT2D eigenvalue weighted by atomic mass is 10.1. The van der Waals surface area contributed by atoms with E-state index in [4.69, 9.17) is 0 Å². The fraction of sp³-hybridized carbons (Fsp3) is 0.154. The van der Waals surface area contributed by atoms with Crippen LogP contribution in [0.1, 0.15) is 0 Å². The van der Waals surface area contributed by atoms with Crippen molar-refractivity contribution in [3.8, 4) is 11.1 Å². The Bertz CT molecular complexity index is 535. The zero-order chi connectivity index (χ0) is 12.4. The van der Waals surface area contributed by atoms with Crippen LogP contribution < -0.4 is 9.03 Å². The normalized spacial score (nSPS) is 19.2. The third kappa shape index (κ3) is 2.20. The Morgan fingerprint density at radius 3 is 2.83 bits per heavy atom. The number of anilines is 1. The molecule has 1 N–H and O–H groups in total. The fourth-order valence-corrected chi connectivity index (χ4v) is 2.98. The smallest absolute Gasteiger partial charge is 0.166 e. The molecule has 92 valence electrons. The molecular formula is C13H13N3OS. The summed E-state index contributed by atoms with van der Waals surface area (Å²) < 4.78 is 16.5. The van der Waals surface area contributed by atoms with Crippen molar-refractivity contribution in [2.75, 3.05) is 17.4 Å². The summed E-state index contributed by atoms with van der Waals surface area (Å²) >= 11 is -1.11. The van der Waals surface area contributed by atoms with Gasteiger partial charge in [-0.1, -0.05) is 18.2 Å². The van der Waals surface area contributed by atoms with Gasteiger partial charge in [0.25, 0.3) is 0 Å². The van der Waals surface area contributed by atoms with Gasteiger partial charge in [0.05, 0.1) is 18.8 Å². The van der Waals surface area contributed by atoms with Crippen LogP contribution in [0.4, 0.5) is 5.69 Å². The number of benzene rings is 1. The van der Waals surface area contributed by atoms with Gasteiger partial charge in [0, 0.05) is 18.0 Å². The maximum absolute atomic E-state index is 11.7. The van der Waals surface area contributed by atoms with E-state index < -0.39 is 11.5 Å². The number of pyridine rings is 1. The molecule has 1 fully saturated rings. The highest BCUT2D eigenvalue weighted by Crippen LogP contribution is 2.26. The van der Waals surface area contributed by atoms with Crippen molar-refractivity contribution >= 4 is 17.2 Å². The first-order valence-electron chi connectivity index (χ1n) is 5.78. The van der Waals surface area contributed by atoms with Gasteiger partial charge in [-0.05, 0) is 23.8 Å². The van der Waals surface area contributed by atoms with Crippen molar-refractivity contribution in [1.29, 1.82) is 0 Å². The highest BCUT2D eigenvalue weighted by molar-refractivity contribution is 7.91. The van der Waals surface area contributed by atoms with E-state index in [9.17, 15) is 4.55 Å². The molecule has 1 aromatic carbocycles. The molecule has 18 heavy (non-hydrogen) atoms. The van der Waals surface area contributed by atoms with Gasteiger partial charge in [-0.25, -0.2) is 0 Å². The van der Waals surface area contributed by atoms with Crippen molar-refractivity contribution in [3.63, 3.8) is 0 Å². The largest absolute Gasteiger partial charge is 0.573 e. The zero-order valence-corrected chi connectivity index (χ0v) is 10.6. The topological polar surface area (TPSA) is 51.2 Å². The molecule has 1 unspecified atom stereocenters. The van der Waals surface area contributed by atoms with Crippen molar-refractivity contribution in [2.45, 2.75) is 0 Å². The average Bonchev–Trinajstić information content (AvgIpc) is 2.86. The molecule has 0 bridgehead atoms. The van der Waals surface area contributed by atoms with E-state index in [0.717, 1.165) is 29.9 Å². The molecule has 0 saturated carbocycles. The Labute approximate surface area is 109 Å². The molecule has 1 aliphatic rings. The Morgan fingerprint density at radius 1 is 1.22 bits per heavy atom. The lowest BCUT2D eigenvalue weighted by Crippen LogP contribution is -2.29. The third-order valence-corrected chi connectivity index (χ3v) is 4.11. The SMILES string of the molecule is [O-][S+]1NCCN1c1cccc(-c2cccnc2)c1. The maximum Gasteiger partial charge on any atom is 0.166 e. The van der Waals surface area contributed by atoms with E-state index in [-0.39, 0.29) is 0 Å². The molecule has 0 amide bonds. The van der Waals surface area contributed by atoms with E-state index in [1.807, 2.05) is 46.9 Å². The summed E-state index contributed by atoms with van der Waals surface area (Å²) in [5.41, 5.74) is 3.13. The number of hydrogen-bond donors (Lipinski definition) is 1. The van der Waals surface area contributed by atoms with Crippen LogP contribution >= 0.6 is 0 Å². The van der Waals surface area contributed by atoms with Gasteiger partial charge in [-0.3, -0.25) is 4.98 Å². The van der Waals surface area contributed by atoms with E-state index in [2.05, 4.69) is 9.71 Å². The lowest BCUT2D eigenvalue weighted by Gasteiger charge is -2.17. The van der Waals surface area contributed by atoms with E-state index in [1.54, 1.807) is 6.20 Å². The van der Waals surface area contributed by atoms with Gasteiger partial charge in [-0.2, -0.15) is 4.31 Å². The third-order valence-electron chi connectivity index (χ3n) is 2.87. The zero-order valence-electron chi connectivity index (χ0n) is 9.74. The van der Waals surface area contributed by atoms with E-state index in [1.165, 1.54) is 0 Å². The van der Waals surface area contributed by atoms with Crippen molar-refractivity contribution in [2.24, 2.45) is 0 Å². The van der Waals surface area contributed by atoms with Gasteiger partial charge in [-0.15, -0.1) is 4.72 Å². The van der Waals surface area contributed by atoms with E-state index in [0.29, 0.717) is 0 Å². The molecule has 5 heteroatoms. The summed E-state index contributed by atoms with van der Waals surface area (Å²) in [6.07, 6.45) is 3.59. The van der Waals surface area contributed by atoms with Gasteiger partial charge >= 0.3 is 0 Å². The maximum atomic E-state index is 11.7. The molecule has 3 rings (SSSR count). The number of aromatic nitrogens is 1. The first-order chi connectivity index (χ1) is 8.84. The Morgan fingerprint density at radius 2 is 2.11 bits per heavy atom. The highest BCUT2D eigenvalue weighted by atomic mass is 32.2. The molecular weight excluding hydrogens is 246 g/mol. The average molecular weight is 259 g/mol. The number of nitrogens with zero attached hydrogens (tertiary/aromatic N) is 2. The summed E-state index contributed by atoms with van der Waals surface area (Å²) in [5, 5.41) is 0. The second kappa shape index (κ2) is 4.97. The number of nitrogens with one attached hydrogen (secondary N) is 1. The van der Waals surface area contributed by atoms with Crippen LogP contribution in [0.15, 0.2) is 48.8 Å². The van der Waals surface area contributed by atoms with Crippen molar-refractivity contribution in [3.05, 3.63) is 48.8 Å². The minimum Gasteiger partial charge on any atom is -0.573 e. The van der Waals surface area contributed by atoms with Crippen LogP contribution in [0, 0.1) is 0 Å². The van der Waals surface area contributed by atoms with Crippen LogP contribution in [0.3, 0.4) is 0 Å². The Balaban J connectivity index is 1.94. The molecule has 2 aromatic rings. The lowest BCUT2D eigenvalue weighted by molar-refractivity contribution is 0.590. The van der Waals surface area contributed by atoms with Gasteiger partial charge < -0.3 is 4.55 Å². The summed E-state index contributed by atoms with van der Waals surface area (Å²) in [6, 6.07) is 12.0. The summed E-state index contributed by atoms with van der Waals surface area (Å²) in [5.74, 6) is 0. The van der Waals surface area contributed by atoms with Crippen LogP contribution in [0.25, 0.3) is 11.1 Å². The summed E-state index contributed by atoms with van der Waals surface area (Å²) in [7, 11) is 0. The second-order valence-corrected chi connectivity index (χ2v) is 5.27. The second-order valence-electron chi connectivity index (χ2n) is 4.04. The molecule has 1 saturated heterocycles. The summed E-state index contributed by atoms with van der Waals surface area (Å²) in [6.45, 7) is 1.52. The van der Waals surface area contributed by atoms with Crippen LogP contribution in [0.5, 0.6) is 0 Å². The molecule has 0 radical (unpaired) electrons. The van der Waals surface area contributed by atoms with Crippen molar-refractivity contribution < 1.29 is 4.55 Å². The number of rotatable bonds is 2. The van der Waals surface area contributed by atoms with Gasteiger partial charge in [0.1, 0.15) is 0 Å². The molecule has 1 aliphatic heterocycles. The highest BCUT2D eigenvalue weighted by Gasteiger charge is 2.27. The standard InChI is InChI=1S/C13H13N3OS/c17-18-15-7-8-16(18)13-5-1-3-11(9-13)12-4-2-6-14-10-12/h1-6,9-10,15H,7-8H2. The Hall–Kier alpha value is -1.56. The molecule has 2 heterocycles. The quantitative estimate of drug-likeness (QED) is 0.835. The van der Waals surface area contributed by atoms with Crippen LogP contribution in [-0.2, 0) is 11.5 Å². The monoisotopic (exact) mass is 259 g/mol. The van der Waals surface area contributed by atoms with Crippen molar-refractivity contribution in [1.82, 2.24) is 9.71 Å². The molecule has 1 atom stereocenters. The van der Waals surface area contributed by atoms with Crippen LogP contribution in [0.2, 0.25) is 0 Å². The minimum atomic E-state index is -1.11. The fourth-order valence-electron chi connectivity index (χ4n) is 1.99. The Kier molecular flexibility index (Phi) is 3.19. The van der Waals surface area contributed by atoms with Gasteiger partial charge in [0.2, 0.25) is 0 Å². The predicted octanol–water partition coefficient (Wildman–Crippen LogP) is 1.74. The predicted molar refractivity (Wildman–Crippen MR) is 73.2 cm³/mol. The van der Waals surface area contributed by atoms with Gasteiger partial charge in [0.15, 0.2) is 11.5 Å². The molecule has 0 aliphatic carbocycles.